The highest BCUT2D eigenvalue weighted by Gasteiger charge is 2.13. The Balaban J connectivity index is 3.74. The molecular weight excluding hydrogens is 196 g/mol. The fourth-order valence-electron chi connectivity index (χ4n) is 1.81. The summed E-state index contributed by atoms with van der Waals surface area (Å²) >= 11 is 0. The van der Waals surface area contributed by atoms with Crippen molar-refractivity contribution in [2.75, 3.05) is 26.7 Å². The van der Waals surface area contributed by atoms with Gasteiger partial charge in [0.05, 0.1) is 0 Å². The zero-order valence-corrected chi connectivity index (χ0v) is 12.4. The topological polar surface area (TPSA) is 15.3 Å². The molecule has 0 spiro atoms. The molecule has 0 aliphatic heterocycles. The summed E-state index contributed by atoms with van der Waals surface area (Å²) in [6, 6.07) is 0. The Kier molecular flexibility index (Phi) is 7.25. The molecule has 2 heteroatoms. The molecule has 0 aliphatic carbocycles. The number of hydrogen-bond acceptors (Lipinski definition) is 2. The standard InChI is InChI=1S/C14H32N2/c1-8-12(2)10-16(7)11-13(3)9-15-14(4,5)6/h12-13,15H,8-11H2,1-7H3. The van der Waals surface area contributed by atoms with Gasteiger partial charge in [-0.2, -0.15) is 0 Å². The Morgan fingerprint density at radius 1 is 1.06 bits per heavy atom. The molecule has 0 saturated heterocycles. The summed E-state index contributed by atoms with van der Waals surface area (Å²) in [4.78, 5) is 2.46. The van der Waals surface area contributed by atoms with Crippen molar-refractivity contribution in [1.29, 1.82) is 0 Å². The van der Waals surface area contributed by atoms with Crippen molar-refractivity contribution in [2.45, 2.75) is 53.5 Å². The van der Waals surface area contributed by atoms with Gasteiger partial charge in [-0.25, -0.2) is 0 Å². The fourth-order valence-corrected chi connectivity index (χ4v) is 1.81. The minimum absolute atomic E-state index is 0.240. The maximum atomic E-state index is 3.57. The first-order chi connectivity index (χ1) is 7.24. The second-order valence-corrected chi connectivity index (χ2v) is 6.47. The first-order valence-corrected chi connectivity index (χ1v) is 6.68. The molecule has 0 heterocycles. The first-order valence-electron chi connectivity index (χ1n) is 6.68. The molecule has 0 fully saturated rings. The molecule has 0 bridgehead atoms. The summed E-state index contributed by atoms with van der Waals surface area (Å²) in [6.45, 7) is 17.1. The molecule has 16 heavy (non-hydrogen) atoms. The summed E-state index contributed by atoms with van der Waals surface area (Å²) in [5, 5.41) is 3.57. The number of nitrogens with one attached hydrogen (secondary N) is 1. The molecule has 0 amide bonds. The maximum absolute atomic E-state index is 3.57. The highest BCUT2D eigenvalue weighted by molar-refractivity contribution is 4.73. The van der Waals surface area contributed by atoms with Crippen molar-refractivity contribution in [3.8, 4) is 0 Å². The van der Waals surface area contributed by atoms with E-state index in [4.69, 9.17) is 0 Å². The van der Waals surface area contributed by atoms with Crippen LogP contribution in [0.3, 0.4) is 0 Å². The minimum Gasteiger partial charge on any atom is -0.312 e. The van der Waals surface area contributed by atoms with Gasteiger partial charge in [0, 0.05) is 18.6 Å². The average Bonchev–Trinajstić information content (AvgIpc) is 2.13. The third-order valence-corrected chi connectivity index (χ3v) is 2.92. The van der Waals surface area contributed by atoms with Gasteiger partial charge >= 0.3 is 0 Å². The Hall–Kier alpha value is -0.0800. The highest BCUT2D eigenvalue weighted by atomic mass is 15.1. The monoisotopic (exact) mass is 228 g/mol. The van der Waals surface area contributed by atoms with Crippen molar-refractivity contribution in [1.82, 2.24) is 10.2 Å². The van der Waals surface area contributed by atoms with Crippen molar-refractivity contribution >= 4 is 0 Å². The molecule has 2 nitrogen and oxygen atoms in total. The SMILES string of the molecule is CCC(C)CN(C)CC(C)CNC(C)(C)C. The molecule has 0 aliphatic rings. The Morgan fingerprint density at radius 3 is 2.00 bits per heavy atom. The lowest BCUT2D eigenvalue weighted by molar-refractivity contribution is 0.237. The van der Waals surface area contributed by atoms with Crippen LogP contribution in [-0.2, 0) is 0 Å². The fraction of sp³-hybridized carbons (Fsp3) is 1.00. The molecule has 0 aromatic rings. The zero-order valence-electron chi connectivity index (χ0n) is 12.4. The van der Waals surface area contributed by atoms with Gasteiger partial charge in [0.25, 0.3) is 0 Å². The van der Waals surface area contributed by atoms with E-state index in [-0.39, 0.29) is 5.54 Å². The van der Waals surface area contributed by atoms with Gasteiger partial charge in [0.2, 0.25) is 0 Å². The molecule has 0 saturated carbocycles. The number of rotatable bonds is 7. The van der Waals surface area contributed by atoms with E-state index >= 15 is 0 Å². The lowest BCUT2D eigenvalue weighted by Crippen LogP contribution is -2.41. The molecular formula is C14H32N2. The van der Waals surface area contributed by atoms with E-state index < -0.39 is 0 Å². The molecule has 0 aromatic carbocycles. The summed E-state index contributed by atoms with van der Waals surface area (Å²) in [6.07, 6.45) is 1.28. The Labute approximate surface area is 103 Å². The molecule has 0 rings (SSSR count). The van der Waals surface area contributed by atoms with E-state index in [9.17, 15) is 0 Å². The van der Waals surface area contributed by atoms with Crippen LogP contribution < -0.4 is 5.32 Å². The Morgan fingerprint density at radius 2 is 1.56 bits per heavy atom. The van der Waals surface area contributed by atoms with Gasteiger partial charge in [0.1, 0.15) is 0 Å². The van der Waals surface area contributed by atoms with E-state index in [0.29, 0.717) is 5.92 Å². The largest absolute Gasteiger partial charge is 0.312 e. The van der Waals surface area contributed by atoms with Crippen molar-refractivity contribution in [3.05, 3.63) is 0 Å². The molecule has 1 N–H and O–H groups in total. The van der Waals surface area contributed by atoms with E-state index in [0.717, 1.165) is 12.5 Å². The second kappa shape index (κ2) is 7.29. The highest BCUT2D eigenvalue weighted by Crippen LogP contribution is 2.06. The molecule has 0 aromatic heterocycles. The maximum Gasteiger partial charge on any atom is 0.00966 e. The van der Waals surface area contributed by atoms with E-state index in [1.165, 1.54) is 19.5 Å². The van der Waals surface area contributed by atoms with Crippen LogP contribution in [0.15, 0.2) is 0 Å². The van der Waals surface area contributed by atoms with Crippen LogP contribution in [0.1, 0.15) is 48.0 Å². The van der Waals surface area contributed by atoms with Gasteiger partial charge in [-0.05, 0) is 46.2 Å². The zero-order chi connectivity index (χ0) is 12.8. The first kappa shape index (κ1) is 15.9. The van der Waals surface area contributed by atoms with Crippen molar-refractivity contribution in [2.24, 2.45) is 11.8 Å². The lowest BCUT2D eigenvalue weighted by atomic mass is 10.1. The summed E-state index contributed by atoms with van der Waals surface area (Å²) in [5.74, 6) is 1.53. The smallest absolute Gasteiger partial charge is 0.00966 e. The van der Waals surface area contributed by atoms with Crippen LogP contribution in [0.25, 0.3) is 0 Å². The van der Waals surface area contributed by atoms with Gasteiger partial charge in [-0.15, -0.1) is 0 Å². The van der Waals surface area contributed by atoms with Crippen LogP contribution in [0.5, 0.6) is 0 Å². The van der Waals surface area contributed by atoms with Gasteiger partial charge < -0.3 is 10.2 Å². The number of nitrogens with zero attached hydrogens (tertiary/aromatic N) is 1. The Bertz CT molecular complexity index is 172. The summed E-state index contributed by atoms with van der Waals surface area (Å²) in [5.41, 5.74) is 0.240. The van der Waals surface area contributed by atoms with E-state index in [2.05, 4.69) is 58.8 Å². The quantitative estimate of drug-likeness (QED) is 0.720. The minimum atomic E-state index is 0.240. The molecule has 2 atom stereocenters. The van der Waals surface area contributed by atoms with Crippen LogP contribution in [-0.4, -0.2) is 37.1 Å². The molecule has 98 valence electrons. The van der Waals surface area contributed by atoms with E-state index in [1.54, 1.807) is 0 Å². The van der Waals surface area contributed by atoms with Gasteiger partial charge in [-0.1, -0.05) is 27.2 Å². The van der Waals surface area contributed by atoms with Crippen LogP contribution in [0.2, 0.25) is 0 Å². The predicted octanol–water partition coefficient (Wildman–Crippen LogP) is 2.99. The van der Waals surface area contributed by atoms with Crippen molar-refractivity contribution < 1.29 is 0 Å². The van der Waals surface area contributed by atoms with Crippen LogP contribution >= 0.6 is 0 Å². The van der Waals surface area contributed by atoms with Gasteiger partial charge in [0.15, 0.2) is 0 Å². The normalized spacial score (nSPS) is 16.5. The average molecular weight is 228 g/mol. The third-order valence-electron chi connectivity index (χ3n) is 2.92. The summed E-state index contributed by atoms with van der Waals surface area (Å²) in [7, 11) is 2.24. The number of hydrogen-bond donors (Lipinski definition) is 1. The summed E-state index contributed by atoms with van der Waals surface area (Å²) < 4.78 is 0. The molecule has 0 radical (unpaired) electrons. The van der Waals surface area contributed by atoms with E-state index in [1.807, 2.05) is 0 Å². The third kappa shape index (κ3) is 9.17. The van der Waals surface area contributed by atoms with Crippen LogP contribution in [0, 0.1) is 11.8 Å². The predicted molar refractivity (Wildman–Crippen MR) is 73.9 cm³/mol. The van der Waals surface area contributed by atoms with Crippen LogP contribution in [0.4, 0.5) is 0 Å². The van der Waals surface area contributed by atoms with Crippen molar-refractivity contribution in [3.63, 3.8) is 0 Å². The molecule has 2 unspecified atom stereocenters. The lowest BCUT2D eigenvalue weighted by Gasteiger charge is -2.27. The second-order valence-electron chi connectivity index (χ2n) is 6.47. The van der Waals surface area contributed by atoms with Gasteiger partial charge in [-0.3, -0.25) is 0 Å².